The van der Waals surface area contributed by atoms with Crippen LogP contribution in [0.3, 0.4) is 0 Å². The van der Waals surface area contributed by atoms with Crippen molar-refractivity contribution in [3.05, 3.63) is 45.5 Å². The van der Waals surface area contributed by atoms with Crippen LogP contribution in [0.1, 0.15) is 17.3 Å². The first-order chi connectivity index (χ1) is 8.97. The van der Waals surface area contributed by atoms with Gasteiger partial charge >= 0.3 is 5.69 Å². The molecule has 1 amide bonds. The van der Waals surface area contributed by atoms with Gasteiger partial charge in [-0.2, -0.15) is 0 Å². The molecule has 0 saturated heterocycles. The molecule has 0 radical (unpaired) electrons. The average Bonchev–Trinajstić information content (AvgIpc) is 2.36. The van der Waals surface area contributed by atoms with E-state index in [9.17, 15) is 14.9 Å². The summed E-state index contributed by atoms with van der Waals surface area (Å²) in [5, 5.41) is 13.6. The molecular weight excluding hydrogens is 272 g/mol. The van der Waals surface area contributed by atoms with E-state index in [-0.39, 0.29) is 35.2 Å². The van der Waals surface area contributed by atoms with Crippen molar-refractivity contribution in [1.29, 1.82) is 0 Å². The number of nitro benzene ring substituents is 1. The molecule has 7 heteroatoms. The number of carbonyl (C=O) groups excluding carboxylic acids is 1. The summed E-state index contributed by atoms with van der Waals surface area (Å²) >= 11 is 5.54. The summed E-state index contributed by atoms with van der Waals surface area (Å²) in [6.45, 7) is 5.41. The average molecular weight is 285 g/mol. The molecule has 0 bridgehead atoms. The van der Waals surface area contributed by atoms with Crippen LogP contribution in [0.2, 0.25) is 0 Å². The summed E-state index contributed by atoms with van der Waals surface area (Å²) in [4.78, 5) is 22.2. The third-order valence-corrected chi connectivity index (χ3v) is 2.30. The first-order valence-electron chi connectivity index (χ1n) is 5.49. The van der Waals surface area contributed by atoms with Gasteiger partial charge in [-0.1, -0.05) is 24.2 Å². The molecule has 0 aliphatic carbocycles. The van der Waals surface area contributed by atoms with Crippen molar-refractivity contribution in [1.82, 2.24) is 5.32 Å². The van der Waals surface area contributed by atoms with E-state index in [0.717, 1.165) is 0 Å². The van der Waals surface area contributed by atoms with E-state index in [1.807, 2.05) is 0 Å². The third kappa shape index (κ3) is 3.96. The zero-order valence-corrected chi connectivity index (χ0v) is 11.1. The van der Waals surface area contributed by atoms with Crippen LogP contribution in [-0.2, 0) is 0 Å². The molecule has 0 unspecified atom stereocenters. The molecule has 19 heavy (non-hydrogen) atoms. The second-order valence-corrected chi connectivity index (χ2v) is 4.08. The van der Waals surface area contributed by atoms with Crippen LogP contribution < -0.4 is 10.1 Å². The molecule has 1 aromatic rings. The lowest BCUT2D eigenvalue weighted by Gasteiger charge is -2.10. The van der Waals surface area contributed by atoms with Crippen molar-refractivity contribution in [2.24, 2.45) is 0 Å². The number of amides is 1. The fourth-order valence-corrected chi connectivity index (χ4v) is 1.48. The highest BCUT2D eigenvalue weighted by atomic mass is 35.5. The Labute approximate surface area is 115 Å². The van der Waals surface area contributed by atoms with Gasteiger partial charge < -0.3 is 10.1 Å². The summed E-state index contributed by atoms with van der Waals surface area (Å²) in [5.74, 6) is -0.554. The van der Waals surface area contributed by atoms with E-state index < -0.39 is 10.8 Å². The minimum absolute atomic E-state index is 0.0484. The normalized spacial score (nSPS) is 9.79. The Morgan fingerprint density at radius 2 is 2.26 bits per heavy atom. The van der Waals surface area contributed by atoms with E-state index in [4.69, 9.17) is 16.3 Å². The zero-order valence-electron chi connectivity index (χ0n) is 10.3. The van der Waals surface area contributed by atoms with Crippen molar-refractivity contribution >= 4 is 23.2 Å². The lowest BCUT2D eigenvalue weighted by atomic mass is 10.1. The molecule has 0 fully saturated rings. The second kappa shape index (κ2) is 6.75. The summed E-state index contributed by atoms with van der Waals surface area (Å²) < 4.78 is 5.20. The number of nitrogens with zero attached hydrogens (tertiary/aromatic N) is 1. The number of rotatable bonds is 6. The minimum atomic E-state index is -0.595. The molecule has 0 aromatic heterocycles. The number of nitrogens with one attached hydrogen (secondary N) is 1. The van der Waals surface area contributed by atoms with Crippen LogP contribution in [0.15, 0.2) is 29.8 Å². The smallest absolute Gasteiger partial charge is 0.311 e. The van der Waals surface area contributed by atoms with E-state index in [2.05, 4.69) is 11.9 Å². The molecule has 1 aromatic carbocycles. The standard InChI is InChI=1S/C12H13ClN2O4/c1-3-19-11-9(12(16)14-7-8(2)13)5-4-6-10(11)15(17)18/h4-6H,2-3,7H2,1H3,(H,14,16). The first-order valence-corrected chi connectivity index (χ1v) is 5.86. The molecule has 1 rings (SSSR count). The highest BCUT2D eigenvalue weighted by Crippen LogP contribution is 2.30. The lowest BCUT2D eigenvalue weighted by molar-refractivity contribution is -0.385. The number of nitro groups is 1. The Balaban J connectivity index is 3.11. The fourth-order valence-electron chi connectivity index (χ4n) is 1.41. The van der Waals surface area contributed by atoms with Gasteiger partial charge in [0, 0.05) is 11.1 Å². The van der Waals surface area contributed by atoms with Crippen LogP contribution >= 0.6 is 11.6 Å². The van der Waals surface area contributed by atoms with Crippen molar-refractivity contribution in [3.63, 3.8) is 0 Å². The molecule has 0 heterocycles. The molecular formula is C12H13ClN2O4. The lowest BCUT2D eigenvalue weighted by Crippen LogP contribution is -2.25. The van der Waals surface area contributed by atoms with Crippen LogP contribution in [0.25, 0.3) is 0 Å². The molecule has 0 atom stereocenters. The topological polar surface area (TPSA) is 81.5 Å². The maximum Gasteiger partial charge on any atom is 0.311 e. The van der Waals surface area contributed by atoms with E-state index in [1.54, 1.807) is 6.92 Å². The Kier molecular flexibility index (Phi) is 5.32. The van der Waals surface area contributed by atoms with Crippen LogP contribution in [0.5, 0.6) is 5.75 Å². The Bertz CT molecular complexity index is 516. The van der Waals surface area contributed by atoms with Crippen molar-refractivity contribution in [2.45, 2.75) is 6.92 Å². The second-order valence-electron chi connectivity index (χ2n) is 3.54. The zero-order chi connectivity index (χ0) is 14.4. The number of carbonyl (C=O) groups is 1. The summed E-state index contributed by atoms with van der Waals surface area (Å²) in [5.41, 5.74) is -0.159. The summed E-state index contributed by atoms with van der Waals surface area (Å²) in [6.07, 6.45) is 0. The van der Waals surface area contributed by atoms with Gasteiger partial charge in [-0.25, -0.2) is 0 Å². The van der Waals surface area contributed by atoms with Gasteiger partial charge in [-0.15, -0.1) is 0 Å². The Hall–Kier alpha value is -2.08. The molecule has 102 valence electrons. The Morgan fingerprint density at radius 1 is 1.58 bits per heavy atom. The maximum absolute atomic E-state index is 11.9. The Morgan fingerprint density at radius 3 is 2.79 bits per heavy atom. The number of halogens is 1. The van der Waals surface area contributed by atoms with Crippen LogP contribution in [0.4, 0.5) is 5.69 Å². The summed E-state index contributed by atoms with van der Waals surface area (Å²) in [7, 11) is 0. The van der Waals surface area contributed by atoms with E-state index >= 15 is 0 Å². The van der Waals surface area contributed by atoms with Crippen molar-refractivity contribution in [3.8, 4) is 5.75 Å². The van der Waals surface area contributed by atoms with Gasteiger partial charge in [-0.05, 0) is 13.0 Å². The highest BCUT2D eigenvalue weighted by Gasteiger charge is 2.22. The third-order valence-electron chi connectivity index (χ3n) is 2.17. The van der Waals surface area contributed by atoms with Crippen LogP contribution in [-0.4, -0.2) is 24.0 Å². The molecule has 6 nitrogen and oxygen atoms in total. The molecule has 0 saturated carbocycles. The molecule has 0 spiro atoms. The molecule has 0 aliphatic heterocycles. The van der Waals surface area contributed by atoms with Crippen molar-refractivity contribution < 1.29 is 14.5 Å². The largest absolute Gasteiger partial charge is 0.487 e. The number of benzene rings is 1. The number of hydrogen-bond donors (Lipinski definition) is 1. The fraction of sp³-hybridized carbons (Fsp3) is 0.250. The van der Waals surface area contributed by atoms with E-state index in [1.165, 1.54) is 18.2 Å². The number of hydrogen-bond acceptors (Lipinski definition) is 4. The SMILES string of the molecule is C=C(Cl)CNC(=O)c1cccc([N+](=O)[O-])c1OCC. The monoisotopic (exact) mass is 284 g/mol. The predicted octanol–water partition coefficient (Wildman–Crippen LogP) is 2.48. The van der Waals surface area contributed by atoms with Crippen LogP contribution in [0, 0.1) is 10.1 Å². The molecule has 0 aliphatic rings. The number of para-hydroxylation sites is 1. The number of ether oxygens (including phenoxy) is 1. The van der Waals surface area contributed by atoms with Gasteiger partial charge in [0.25, 0.3) is 5.91 Å². The van der Waals surface area contributed by atoms with Gasteiger partial charge in [0.2, 0.25) is 5.75 Å². The van der Waals surface area contributed by atoms with Gasteiger partial charge in [0.05, 0.1) is 23.6 Å². The van der Waals surface area contributed by atoms with E-state index in [0.29, 0.717) is 0 Å². The highest BCUT2D eigenvalue weighted by molar-refractivity contribution is 6.29. The summed E-state index contributed by atoms with van der Waals surface area (Å²) in [6, 6.07) is 4.15. The maximum atomic E-state index is 11.9. The van der Waals surface area contributed by atoms with Crippen molar-refractivity contribution in [2.75, 3.05) is 13.2 Å². The minimum Gasteiger partial charge on any atom is -0.487 e. The first kappa shape index (κ1) is 15.0. The predicted molar refractivity (Wildman–Crippen MR) is 71.6 cm³/mol. The van der Waals surface area contributed by atoms with Gasteiger partial charge in [0.15, 0.2) is 0 Å². The quantitative estimate of drug-likeness (QED) is 0.643. The van der Waals surface area contributed by atoms with Gasteiger partial charge in [-0.3, -0.25) is 14.9 Å². The molecule has 1 N–H and O–H groups in total. The van der Waals surface area contributed by atoms with Gasteiger partial charge in [0.1, 0.15) is 0 Å².